The van der Waals surface area contributed by atoms with Gasteiger partial charge in [-0.25, -0.2) is 4.79 Å². The number of rotatable bonds is 5. The van der Waals surface area contributed by atoms with Crippen LogP contribution in [-0.2, 0) is 4.74 Å². The molecule has 0 aliphatic carbocycles. The molecule has 20 heavy (non-hydrogen) atoms. The maximum absolute atomic E-state index is 12.1. The first-order valence-corrected chi connectivity index (χ1v) is 6.97. The van der Waals surface area contributed by atoms with Gasteiger partial charge in [0.1, 0.15) is 5.60 Å². The lowest BCUT2D eigenvalue weighted by Gasteiger charge is -2.31. The van der Waals surface area contributed by atoms with Crippen molar-refractivity contribution in [3.05, 3.63) is 10.1 Å². The van der Waals surface area contributed by atoms with Crippen LogP contribution in [0, 0.1) is 16.0 Å². The van der Waals surface area contributed by atoms with Gasteiger partial charge in [0.05, 0.1) is 0 Å². The van der Waals surface area contributed by atoms with Crippen LogP contribution in [0.4, 0.5) is 4.79 Å². The first kappa shape index (κ1) is 16.7. The highest BCUT2D eigenvalue weighted by Gasteiger charge is 2.38. The van der Waals surface area contributed by atoms with Crippen molar-refractivity contribution in [2.24, 2.45) is 5.92 Å². The van der Waals surface area contributed by atoms with Crippen molar-refractivity contribution in [3.63, 3.8) is 0 Å². The number of likely N-dealkylation sites (tertiary alicyclic amines) is 1. The van der Waals surface area contributed by atoms with Crippen molar-refractivity contribution in [1.29, 1.82) is 0 Å². The Morgan fingerprint density at radius 1 is 1.55 bits per heavy atom. The van der Waals surface area contributed by atoms with Gasteiger partial charge in [-0.3, -0.25) is 10.1 Å². The van der Waals surface area contributed by atoms with Gasteiger partial charge in [-0.15, -0.1) is 0 Å². The molecule has 7 nitrogen and oxygen atoms in total. The van der Waals surface area contributed by atoms with Crippen molar-refractivity contribution in [2.45, 2.75) is 51.7 Å². The number of hydrogen-bond acceptors (Lipinski definition) is 5. The van der Waals surface area contributed by atoms with E-state index in [4.69, 9.17) is 9.84 Å². The molecule has 1 aliphatic rings. The van der Waals surface area contributed by atoms with E-state index in [0.717, 1.165) is 12.8 Å². The third kappa shape index (κ3) is 4.96. The maximum atomic E-state index is 12.1. The van der Waals surface area contributed by atoms with Gasteiger partial charge in [0.15, 0.2) is 0 Å². The minimum atomic E-state index is -0.584. The third-order valence-electron chi connectivity index (χ3n) is 3.35. The zero-order valence-corrected chi connectivity index (χ0v) is 12.4. The number of carbonyl (C=O) groups excluding carboxylic acids is 1. The van der Waals surface area contributed by atoms with E-state index >= 15 is 0 Å². The fourth-order valence-electron chi connectivity index (χ4n) is 2.59. The smallest absolute Gasteiger partial charge is 0.410 e. The van der Waals surface area contributed by atoms with Crippen LogP contribution in [0.2, 0.25) is 0 Å². The number of nitrogens with zero attached hydrogens (tertiary/aromatic N) is 2. The molecule has 0 radical (unpaired) electrons. The summed E-state index contributed by atoms with van der Waals surface area (Å²) in [6.07, 6.45) is 1.43. The summed E-state index contributed by atoms with van der Waals surface area (Å²) in [5.74, 6) is -0.329. The lowest BCUT2D eigenvalue weighted by atomic mass is 9.94. The first-order valence-electron chi connectivity index (χ1n) is 6.97. The Morgan fingerprint density at radius 2 is 2.20 bits per heavy atom. The van der Waals surface area contributed by atoms with Crippen molar-refractivity contribution in [3.8, 4) is 0 Å². The standard InChI is InChI=1S/C13H24N2O5/c1-13(2,3)20-12(17)14-7-4-5-11(14)10(6-8-16)9-15(18)19/h10-11,16H,4-9H2,1-3H3. The third-order valence-corrected chi connectivity index (χ3v) is 3.35. The lowest BCUT2D eigenvalue weighted by molar-refractivity contribution is -0.489. The van der Waals surface area contributed by atoms with Gasteiger partial charge >= 0.3 is 6.09 Å². The molecule has 0 aromatic carbocycles. The van der Waals surface area contributed by atoms with E-state index in [1.165, 1.54) is 0 Å². The predicted molar refractivity (Wildman–Crippen MR) is 73.0 cm³/mol. The van der Waals surface area contributed by atoms with Crippen LogP contribution < -0.4 is 0 Å². The second-order valence-corrected chi connectivity index (χ2v) is 6.17. The van der Waals surface area contributed by atoms with Crippen LogP contribution in [-0.4, -0.2) is 52.4 Å². The first-order chi connectivity index (χ1) is 9.24. The van der Waals surface area contributed by atoms with E-state index in [0.29, 0.717) is 13.0 Å². The number of aliphatic hydroxyl groups excluding tert-OH is 1. The van der Waals surface area contributed by atoms with E-state index < -0.39 is 11.7 Å². The Hall–Kier alpha value is -1.37. The molecule has 1 rings (SSSR count). The Kier molecular flexibility index (Phi) is 5.74. The minimum Gasteiger partial charge on any atom is -0.444 e. The van der Waals surface area contributed by atoms with Gasteiger partial charge in [-0.1, -0.05) is 0 Å². The molecule has 116 valence electrons. The number of hydrogen-bond donors (Lipinski definition) is 1. The monoisotopic (exact) mass is 288 g/mol. The number of carbonyl (C=O) groups is 1. The highest BCUT2D eigenvalue weighted by Crippen LogP contribution is 2.28. The van der Waals surface area contributed by atoms with Crippen molar-refractivity contribution in [1.82, 2.24) is 4.90 Å². The fraction of sp³-hybridized carbons (Fsp3) is 0.923. The summed E-state index contributed by atoms with van der Waals surface area (Å²) >= 11 is 0. The quantitative estimate of drug-likeness (QED) is 0.613. The summed E-state index contributed by atoms with van der Waals surface area (Å²) in [7, 11) is 0. The van der Waals surface area contributed by atoms with Crippen LogP contribution in [0.5, 0.6) is 0 Å². The topological polar surface area (TPSA) is 92.9 Å². The summed E-state index contributed by atoms with van der Waals surface area (Å²) in [6, 6.07) is -0.220. The van der Waals surface area contributed by atoms with Crippen LogP contribution in [0.25, 0.3) is 0 Å². The molecule has 1 heterocycles. The zero-order chi connectivity index (χ0) is 15.3. The molecule has 1 fully saturated rings. The Bertz CT molecular complexity index is 353. The van der Waals surface area contributed by atoms with E-state index in [2.05, 4.69) is 0 Å². The van der Waals surface area contributed by atoms with Crippen molar-refractivity contribution >= 4 is 6.09 Å². The molecule has 0 bridgehead atoms. The molecule has 7 heteroatoms. The molecule has 0 aromatic heterocycles. The van der Waals surface area contributed by atoms with E-state index in [1.807, 2.05) is 0 Å². The normalized spacial score (nSPS) is 20.8. The van der Waals surface area contributed by atoms with Crippen LogP contribution >= 0.6 is 0 Å². The average molecular weight is 288 g/mol. The molecule has 2 unspecified atom stereocenters. The summed E-state index contributed by atoms with van der Waals surface area (Å²) in [5.41, 5.74) is -0.584. The Balaban J connectivity index is 2.75. The van der Waals surface area contributed by atoms with Gasteiger partial charge in [0, 0.05) is 30.0 Å². The highest BCUT2D eigenvalue weighted by molar-refractivity contribution is 5.69. The molecule has 1 amide bonds. The molecule has 1 aliphatic heterocycles. The second kappa shape index (κ2) is 6.88. The molecule has 0 aromatic rings. The lowest BCUT2D eigenvalue weighted by Crippen LogP contribution is -2.44. The maximum Gasteiger partial charge on any atom is 0.410 e. The predicted octanol–water partition coefficient (Wildman–Crippen LogP) is 1.66. The van der Waals surface area contributed by atoms with E-state index in [-0.39, 0.29) is 30.0 Å². The SMILES string of the molecule is CC(C)(C)OC(=O)N1CCCC1C(CCO)C[N+](=O)[O-]. The summed E-state index contributed by atoms with van der Waals surface area (Å²) in [5, 5.41) is 19.8. The van der Waals surface area contributed by atoms with Gasteiger partial charge in [0.2, 0.25) is 6.54 Å². The Labute approximate surface area is 119 Å². The number of amides is 1. The van der Waals surface area contributed by atoms with Crippen LogP contribution in [0.15, 0.2) is 0 Å². The van der Waals surface area contributed by atoms with Crippen molar-refractivity contribution < 1.29 is 19.6 Å². The van der Waals surface area contributed by atoms with Gasteiger partial charge in [-0.2, -0.15) is 0 Å². The second-order valence-electron chi connectivity index (χ2n) is 6.17. The molecule has 0 saturated carbocycles. The largest absolute Gasteiger partial charge is 0.444 e. The zero-order valence-electron chi connectivity index (χ0n) is 12.4. The fourth-order valence-corrected chi connectivity index (χ4v) is 2.59. The molecule has 1 saturated heterocycles. The van der Waals surface area contributed by atoms with Crippen molar-refractivity contribution in [2.75, 3.05) is 19.7 Å². The van der Waals surface area contributed by atoms with Gasteiger partial charge in [-0.05, 0) is 40.0 Å². The number of nitro groups is 1. The van der Waals surface area contributed by atoms with Gasteiger partial charge < -0.3 is 14.7 Å². The van der Waals surface area contributed by atoms with E-state index in [9.17, 15) is 14.9 Å². The average Bonchev–Trinajstić information content (AvgIpc) is 2.74. The Morgan fingerprint density at radius 3 is 2.70 bits per heavy atom. The van der Waals surface area contributed by atoms with Crippen LogP contribution in [0.3, 0.4) is 0 Å². The highest BCUT2D eigenvalue weighted by atomic mass is 16.6. The molecule has 2 atom stereocenters. The molecule has 0 spiro atoms. The number of aliphatic hydroxyl groups is 1. The molecular formula is C13H24N2O5. The molecular weight excluding hydrogens is 264 g/mol. The van der Waals surface area contributed by atoms with Gasteiger partial charge in [0.25, 0.3) is 0 Å². The van der Waals surface area contributed by atoms with Crippen LogP contribution in [0.1, 0.15) is 40.0 Å². The number of ether oxygens (including phenoxy) is 1. The summed E-state index contributed by atoms with van der Waals surface area (Å²) in [4.78, 5) is 24.1. The van der Waals surface area contributed by atoms with E-state index in [1.54, 1.807) is 25.7 Å². The summed E-state index contributed by atoms with van der Waals surface area (Å²) in [6.45, 7) is 5.58. The minimum absolute atomic E-state index is 0.114. The summed E-state index contributed by atoms with van der Waals surface area (Å²) < 4.78 is 5.34. The molecule has 1 N–H and O–H groups in total.